The Hall–Kier alpha value is -3.23. The molecule has 0 aliphatic carbocycles. The van der Waals surface area contributed by atoms with Crippen molar-refractivity contribution in [1.29, 1.82) is 0 Å². The van der Waals surface area contributed by atoms with E-state index in [-0.39, 0.29) is 18.5 Å². The van der Waals surface area contributed by atoms with E-state index >= 15 is 0 Å². The molecule has 0 unspecified atom stereocenters. The van der Waals surface area contributed by atoms with Crippen molar-refractivity contribution in [2.75, 3.05) is 13.1 Å². The van der Waals surface area contributed by atoms with Crippen molar-refractivity contribution in [3.8, 4) is 11.3 Å². The number of aryl methyl sites for hydroxylation is 1. The number of pyridine rings is 1. The molecule has 1 atom stereocenters. The molecule has 3 aromatic heterocycles. The number of rotatable bonds is 4. The van der Waals surface area contributed by atoms with Gasteiger partial charge in [-0.1, -0.05) is 10.3 Å². The molecule has 3 aromatic rings. The minimum Gasteiger partial charge on any atom is -0.359 e. The molecule has 1 aliphatic rings. The van der Waals surface area contributed by atoms with Crippen LogP contribution in [-0.2, 0) is 6.54 Å². The van der Waals surface area contributed by atoms with Gasteiger partial charge in [0.2, 0.25) is 5.89 Å². The van der Waals surface area contributed by atoms with Gasteiger partial charge in [-0.2, -0.15) is 4.98 Å². The first-order valence-electron chi connectivity index (χ1n) is 8.88. The monoisotopic (exact) mass is 368 g/mol. The van der Waals surface area contributed by atoms with Crippen molar-refractivity contribution in [2.24, 2.45) is 0 Å². The number of carbonyl (C=O) groups excluding carboxylic acids is 1. The molecule has 2 amide bonds. The van der Waals surface area contributed by atoms with Gasteiger partial charge in [-0.05, 0) is 25.0 Å². The quantitative estimate of drug-likeness (QED) is 0.753. The summed E-state index contributed by atoms with van der Waals surface area (Å²) in [6, 6.07) is 5.40. The molecule has 1 fully saturated rings. The van der Waals surface area contributed by atoms with Crippen LogP contribution in [0.25, 0.3) is 11.3 Å². The Morgan fingerprint density at radius 3 is 3.07 bits per heavy atom. The Morgan fingerprint density at radius 1 is 1.37 bits per heavy atom. The van der Waals surface area contributed by atoms with Crippen LogP contribution in [0.2, 0.25) is 0 Å². The second-order valence-electron chi connectivity index (χ2n) is 6.54. The van der Waals surface area contributed by atoms with Gasteiger partial charge in [0.15, 0.2) is 11.6 Å². The number of likely N-dealkylation sites (tertiary alicyclic amines) is 1. The molecule has 1 aliphatic heterocycles. The molecule has 4 rings (SSSR count). The van der Waals surface area contributed by atoms with Gasteiger partial charge < -0.3 is 19.3 Å². The lowest BCUT2D eigenvalue weighted by atomic mass is 9.98. The van der Waals surface area contributed by atoms with Crippen LogP contribution in [-0.4, -0.2) is 44.3 Å². The number of nitrogens with zero attached hydrogens (tertiary/aromatic N) is 5. The number of piperidine rings is 1. The maximum Gasteiger partial charge on any atom is 0.317 e. The van der Waals surface area contributed by atoms with Crippen LogP contribution in [0.3, 0.4) is 0 Å². The largest absolute Gasteiger partial charge is 0.359 e. The van der Waals surface area contributed by atoms with Crippen LogP contribution in [0, 0.1) is 6.92 Å². The topological polar surface area (TPSA) is 110 Å². The van der Waals surface area contributed by atoms with Crippen molar-refractivity contribution in [1.82, 2.24) is 30.5 Å². The van der Waals surface area contributed by atoms with Crippen LogP contribution < -0.4 is 5.32 Å². The predicted molar refractivity (Wildman–Crippen MR) is 94.6 cm³/mol. The highest BCUT2D eigenvalue weighted by molar-refractivity contribution is 5.74. The molecule has 4 heterocycles. The first kappa shape index (κ1) is 17.2. The Kier molecular flexibility index (Phi) is 4.82. The predicted octanol–water partition coefficient (Wildman–Crippen LogP) is 2.52. The molecule has 1 saturated heterocycles. The van der Waals surface area contributed by atoms with Crippen molar-refractivity contribution < 1.29 is 13.8 Å². The molecular formula is C18H20N6O3. The van der Waals surface area contributed by atoms with Crippen molar-refractivity contribution in [2.45, 2.75) is 32.2 Å². The third kappa shape index (κ3) is 3.97. The van der Waals surface area contributed by atoms with Crippen LogP contribution in [0.15, 0.2) is 39.6 Å². The SMILES string of the molecule is Cc1nc([C@@H]2CCCN(C(=O)NCc3cc(-c4cccnc4)no3)C2)no1. The van der Waals surface area contributed by atoms with Crippen LogP contribution >= 0.6 is 0 Å². The average Bonchev–Trinajstić information content (AvgIpc) is 3.36. The zero-order valence-corrected chi connectivity index (χ0v) is 15.0. The van der Waals surface area contributed by atoms with Gasteiger partial charge in [0, 0.05) is 50.0 Å². The first-order valence-corrected chi connectivity index (χ1v) is 8.88. The average molecular weight is 368 g/mol. The Labute approximate surface area is 155 Å². The number of nitrogens with one attached hydrogen (secondary N) is 1. The van der Waals surface area contributed by atoms with Gasteiger partial charge in [0.25, 0.3) is 0 Å². The van der Waals surface area contributed by atoms with E-state index in [1.54, 1.807) is 30.3 Å². The maximum atomic E-state index is 12.5. The van der Waals surface area contributed by atoms with Crippen LogP contribution in [0.1, 0.15) is 36.2 Å². The smallest absolute Gasteiger partial charge is 0.317 e. The van der Waals surface area contributed by atoms with Crippen molar-refractivity contribution >= 4 is 6.03 Å². The van der Waals surface area contributed by atoms with E-state index in [2.05, 4.69) is 25.6 Å². The van der Waals surface area contributed by atoms with E-state index in [4.69, 9.17) is 9.05 Å². The third-order valence-electron chi connectivity index (χ3n) is 4.55. The maximum absolute atomic E-state index is 12.5. The fraction of sp³-hybridized carbons (Fsp3) is 0.389. The van der Waals surface area contributed by atoms with Gasteiger partial charge in [0.1, 0.15) is 5.69 Å². The van der Waals surface area contributed by atoms with E-state index in [1.807, 2.05) is 12.1 Å². The van der Waals surface area contributed by atoms with E-state index in [0.717, 1.165) is 18.4 Å². The Balaban J connectivity index is 1.33. The van der Waals surface area contributed by atoms with Crippen molar-refractivity contribution in [3.05, 3.63) is 48.1 Å². The third-order valence-corrected chi connectivity index (χ3v) is 4.55. The minimum atomic E-state index is -0.140. The highest BCUT2D eigenvalue weighted by Crippen LogP contribution is 2.25. The van der Waals surface area contributed by atoms with Gasteiger partial charge in [-0.3, -0.25) is 4.98 Å². The normalized spacial score (nSPS) is 17.1. The van der Waals surface area contributed by atoms with Gasteiger partial charge in [0.05, 0.1) is 6.54 Å². The summed E-state index contributed by atoms with van der Waals surface area (Å²) < 4.78 is 10.4. The molecule has 9 heteroatoms. The molecule has 0 spiro atoms. The molecule has 1 N–H and O–H groups in total. The second-order valence-corrected chi connectivity index (χ2v) is 6.54. The number of hydrogen-bond acceptors (Lipinski definition) is 7. The van der Waals surface area contributed by atoms with Crippen LogP contribution in [0.4, 0.5) is 4.79 Å². The zero-order chi connectivity index (χ0) is 18.6. The highest BCUT2D eigenvalue weighted by Gasteiger charge is 2.27. The highest BCUT2D eigenvalue weighted by atomic mass is 16.5. The molecule has 0 saturated carbocycles. The van der Waals surface area contributed by atoms with E-state index < -0.39 is 0 Å². The lowest BCUT2D eigenvalue weighted by molar-refractivity contribution is 0.176. The van der Waals surface area contributed by atoms with E-state index in [1.165, 1.54) is 0 Å². The number of urea groups is 1. The minimum absolute atomic E-state index is 0.101. The Morgan fingerprint density at radius 2 is 2.30 bits per heavy atom. The summed E-state index contributed by atoms with van der Waals surface area (Å²) in [5.41, 5.74) is 1.56. The second kappa shape index (κ2) is 7.56. The van der Waals surface area contributed by atoms with E-state index in [0.29, 0.717) is 36.3 Å². The van der Waals surface area contributed by atoms with Gasteiger partial charge in [-0.25, -0.2) is 4.79 Å². The number of hydrogen-bond donors (Lipinski definition) is 1. The van der Waals surface area contributed by atoms with Crippen molar-refractivity contribution in [3.63, 3.8) is 0 Å². The van der Waals surface area contributed by atoms with E-state index in [9.17, 15) is 4.79 Å². The fourth-order valence-corrected chi connectivity index (χ4v) is 3.17. The number of amides is 2. The molecule has 0 bridgehead atoms. The standard InChI is InChI=1S/C18H20N6O3/c1-12-21-17(23-26-12)14-5-3-7-24(11-14)18(25)20-10-15-8-16(22-27-15)13-4-2-6-19-9-13/h2,4,6,8-9,14H,3,5,7,10-11H2,1H3,(H,20,25)/t14-/m1/s1. The summed E-state index contributed by atoms with van der Waals surface area (Å²) >= 11 is 0. The summed E-state index contributed by atoms with van der Waals surface area (Å²) in [7, 11) is 0. The molecule has 140 valence electrons. The lowest BCUT2D eigenvalue weighted by Crippen LogP contribution is -2.44. The van der Waals surface area contributed by atoms with Crippen LogP contribution in [0.5, 0.6) is 0 Å². The van der Waals surface area contributed by atoms with Gasteiger partial charge >= 0.3 is 6.03 Å². The zero-order valence-electron chi connectivity index (χ0n) is 15.0. The summed E-state index contributed by atoms with van der Waals surface area (Å²) in [5, 5.41) is 10.9. The number of carbonyl (C=O) groups is 1. The lowest BCUT2D eigenvalue weighted by Gasteiger charge is -2.31. The molecule has 27 heavy (non-hydrogen) atoms. The summed E-state index contributed by atoms with van der Waals surface area (Å²) in [6.07, 6.45) is 5.26. The first-order chi connectivity index (χ1) is 13.2. The number of aromatic nitrogens is 4. The molecule has 9 nitrogen and oxygen atoms in total. The molecule has 0 radical (unpaired) electrons. The summed E-state index contributed by atoms with van der Waals surface area (Å²) in [4.78, 5) is 22.6. The summed E-state index contributed by atoms with van der Waals surface area (Å²) in [5.74, 6) is 1.90. The summed E-state index contributed by atoms with van der Waals surface area (Å²) in [6.45, 7) is 3.31. The fourth-order valence-electron chi connectivity index (χ4n) is 3.17. The van der Waals surface area contributed by atoms with Gasteiger partial charge in [-0.15, -0.1) is 0 Å². The Bertz CT molecular complexity index is 907. The molecule has 0 aromatic carbocycles. The molecular weight excluding hydrogens is 348 g/mol.